The van der Waals surface area contributed by atoms with Gasteiger partial charge in [0.2, 0.25) is 0 Å². The van der Waals surface area contributed by atoms with E-state index in [1.807, 2.05) is 0 Å². The van der Waals surface area contributed by atoms with Gasteiger partial charge >= 0.3 is 0 Å². The molecule has 2 N–H and O–H groups in total. The van der Waals surface area contributed by atoms with Crippen LogP contribution < -0.4 is 10.6 Å². The molecule has 19 heavy (non-hydrogen) atoms. The first-order chi connectivity index (χ1) is 9.43. The number of rotatable bonds is 7. The summed E-state index contributed by atoms with van der Waals surface area (Å²) < 4.78 is 5.63. The van der Waals surface area contributed by atoms with Gasteiger partial charge in [-0.25, -0.2) is 0 Å². The molecule has 0 saturated heterocycles. The highest BCUT2D eigenvalue weighted by molar-refractivity contribution is 5.59. The van der Waals surface area contributed by atoms with E-state index in [0.29, 0.717) is 0 Å². The Kier molecular flexibility index (Phi) is 4.36. The Morgan fingerprint density at radius 2 is 2.26 bits per heavy atom. The van der Waals surface area contributed by atoms with Gasteiger partial charge in [-0.1, -0.05) is 18.2 Å². The van der Waals surface area contributed by atoms with Gasteiger partial charge in [-0.15, -0.1) is 0 Å². The molecule has 1 fully saturated rings. The number of nitrogens with one attached hydrogen (secondary N) is 2. The first kappa shape index (κ1) is 12.9. The highest BCUT2D eigenvalue weighted by Crippen LogP contribution is 2.28. The molecule has 0 atom stereocenters. The molecule has 1 aromatic carbocycles. The predicted molar refractivity (Wildman–Crippen MR) is 78.5 cm³/mol. The second-order valence-corrected chi connectivity index (χ2v) is 5.68. The van der Waals surface area contributed by atoms with Gasteiger partial charge in [0, 0.05) is 31.9 Å². The average Bonchev–Trinajstić information content (AvgIpc) is 3.27. The summed E-state index contributed by atoms with van der Waals surface area (Å²) >= 11 is 0. The summed E-state index contributed by atoms with van der Waals surface area (Å²) in [7, 11) is 0. The maximum atomic E-state index is 5.63. The first-order valence-corrected chi connectivity index (χ1v) is 7.56. The minimum Gasteiger partial charge on any atom is -0.385 e. The van der Waals surface area contributed by atoms with E-state index in [1.54, 1.807) is 0 Å². The van der Waals surface area contributed by atoms with E-state index in [9.17, 15) is 0 Å². The zero-order valence-electron chi connectivity index (χ0n) is 11.6. The molecular formula is C16H24N2O. The van der Waals surface area contributed by atoms with Crippen molar-refractivity contribution in [1.29, 1.82) is 0 Å². The molecule has 0 spiro atoms. The second-order valence-electron chi connectivity index (χ2n) is 5.68. The number of benzene rings is 1. The number of hydrogen-bond donors (Lipinski definition) is 2. The molecular weight excluding hydrogens is 236 g/mol. The number of aryl methyl sites for hydroxylation is 1. The molecule has 3 nitrogen and oxygen atoms in total. The minimum atomic E-state index is 0.832. The van der Waals surface area contributed by atoms with Gasteiger partial charge < -0.3 is 15.4 Å². The Morgan fingerprint density at radius 1 is 1.32 bits per heavy atom. The van der Waals surface area contributed by atoms with Gasteiger partial charge in [-0.2, -0.15) is 0 Å². The van der Waals surface area contributed by atoms with E-state index in [2.05, 4.69) is 28.8 Å². The molecule has 3 rings (SSSR count). The normalized spacial score (nSPS) is 17.9. The average molecular weight is 260 g/mol. The van der Waals surface area contributed by atoms with Crippen LogP contribution in [0.15, 0.2) is 18.2 Å². The highest BCUT2D eigenvalue weighted by atomic mass is 16.5. The third-order valence-electron chi connectivity index (χ3n) is 3.95. The van der Waals surface area contributed by atoms with Gasteiger partial charge in [-0.3, -0.25) is 0 Å². The van der Waals surface area contributed by atoms with Crippen LogP contribution in [-0.2, 0) is 17.7 Å². The van der Waals surface area contributed by atoms with Gasteiger partial charge in [0.1, 0.15) is 0 Å². The zero-order chi connectivity index (χ0) is 12.9. The number of anilines is 1. The fourth-order valence-electron chi connectivity index (χ4n) is 2.63. The summed E-state index contributed by atoms with van der Waals surface area (Å²) in [6.45, 7) is 4.77. The monoisotopic (exact) mass is 260 g/mol. The molecule has 0 unspecified atom stereocenters. The van der Waals surface area contributed by atoms with Crippen molar-refractivity contribution in [3.05, 3.63) is 29.3 Å². The molecule has 104 valence electrons. The summed E-state index contributed by atoms with van der Waals surface area (Å²) in [4.78, 5) is 0. The van der Waals surface area contributed by atoms with Crippen LogP contribution in [0.5, 0.6) is 0 Å². The van der Waals surface area contributed by atoms with Gasteiger partial charge in [0.25, 0.3) is 0 Å². The van der Waals surface area contributed by atoms with Crippen molar-refractivity contribution in [3.63, 3.8) is 0 Å². The van der Waals surface area contributed by atoms with E-state index in [0.717, 1.165) is 38.8 Å². The molecule has 0 radical (unpaired) electrons. The second kappa shape index (κ2) is 6.40. The Labute approximate surface area is 115 Å². The lowest BCUT2D eigenvalue weighted by Gasteiger charge is -2.21. The summed E-state index contributed by atoms with van der Waals surface area (Å²) in [6.07, 6.45) is 5.20. The zero-order valence-corrected chi connectivity index (χ0v) is 11.6. The lowest BCUT2D eigenvalue weighted by Crippen LogP contribution is -2.22. The quantitative estimate of drug-likeness (QED) is 0.739. The van der Waals surface area contributed by atoms with Crippen LogP contribution >= 0.6 is 0 Å². The number of ether oxygens (including phenoxy) is 1. The van der Waals surface area contributed by atoms with Crippen molar-refractivity contribution in [3.8, 4) is 0 Å². The van der Waals surface area contributed by atoms with Crippen molar-refractivity contribution in [2.75, 3.05) is 31.6 Å². The standard InChI is InChI=1S/C16H24N2O/c1-3-14-5-2-8-18-16(14)15(4-1)11-17-9-10-19-12-13-6-7-13/h1,3-4,13,17-18H,2,5-12H2. The molecule has 0 aromatic heterocycles. The Hall–Kier alpha value is -1.06. The van der Waals surface area contributed by atoms with Gasteiger partial charge in [0.05, 0.1) is 6.61 Å². The molecule has 1 aliphatic heterocycles. The van der Waals surface area contributed by atoms with E-state index in [4.69, 9.17) is 4.74 Å². The van der Waals surface area contributed by atoms with Crippen LogP contribution in [0.1, 0.15) is 30.4 Å². The molecule has 1 heterocycles. The summed E-state index contributed by atoms with van der Waals surface area (Å²) in [5.41, 5.74) is 4.22. The molecule has 1 aromatic rings. The third-order valence-corrected chi connectivity index (χ3v) is 3.95. The number of fused-ring (bicyclic) bond motifs is 1. The van der Waals surface area contributed by atoms with Crippen LogP contribution in [0.4, 0.5) is 5.69 Å². The largest absolute Gasteiger partial charge is 0.385 e. The third kappa shape index (κ3) is 3.71. The minimum absolute atomic E-state index is 0.832. The van der Waals surface area contributed by atoms with Crippen molar-refractivity contribution in [2.24, 2.45) is 5.92 Å². The smallest absolute Gasteiger partial charge is 0.0591 e. The van der Waals surface area contributed by atoms with Gasteiger partial charge in [0.15, 0.2) is 0 Å². The fourth-order valence-corrected chi connectivity index (χ4v) is 2.63. The fraction of sp³-hybridized carbons (Fsp3) is 0.625. The summed E-state index contributed by atoms with van der Waals surface area (Å²) in [6, 6.07) is 6.63. The summed E-state index contributed by atoms with van der Waals surface area (Å²) in [5, 5.41) is 7.02. The first-order valence-electron chi connectivity index (χ1n) is 7.56. The SMILES string of the molecule is c1cc2c(c(CNCCOCC3CC3)c1)NCCC2. The molecule has 0 amide bonds. The van der Waals surface area contributed by atoms with E-state index >= 15 is 0 Å². The number of hydrogen-bond acceptors (Lipinski definition) is 3. The molecule has 2 aliphatic rings. The maximum Gasteiger partial charge on any atom is 0.0591 e. The maximum absolute atomic E-state index is 5.63. The van der Waals surface area contributed by atoms with Crippen molar-refractivity contribution in [2.45, 2.75) is 32.2 Å². The highest BCUT2D eigenvalue weighted by Gasteiger charge is 2.20. The van der Waals surface area contributed by atoms with Gasteiger partial charge in [-0.05, 0) is 42.7 Å². The van der Waals surface area contributed by atoms with Crippen molar-refractivity contribution >= 4 is 5.69 Å². The van der Waals surface area contributed by atoms with Crippen LogP contribution in [0.3, 0.4) is 0 Å². The molecule has 0 bridgehead atoms. The van der Waals surface area contributed by atoms with Crippen LogP contribution in [-0.4, -0.2) is 26.3 Å². The van der Waals surface area contributed by atoms with E-state index < -0.39 is 0 Å². The topological polar surface area (TPSA) is 33.3 Å². The Balaban J connectivity index is 1.41. The van der Waals surface area contributed by atoms with Crippen LogP contribution in [0.2, 0.25) is 0 Å². The van der Waals surface area contributed by atoms with Crippen molar-refractivity contribution < 1.29 is 4.74 Å². The molecule has 1 saturated carbocycles. The lowest BCUT2D eigenvalue weighted by atomic mass is 9.99. The molecule has 3 heteroatoms. The van der Waals surface area contributed by atoms with E-state index in [1.165, 1.54) is 42.5 Å². The predicted octanol–water partition coefficient (Wildman–Crippen LogP) is 2.56. The van der Waals surface area contributed by atoms with E-state index in [-0.39, 0.29) is 0 Å². The molecule has 1 aliphatic carbocycles. The van der Waals surface area contributed by atoms with Crippen LogP contribution in [0.25, 0.3) is 0 Å². The Morgan fingerprint density at radius 3 is 3.16 bits per heavy atom. The van der Waals surface area contributed by atoms with Crippen LogP contribution in [0, 0.1) is 5.92 Å². The lowest BCUT2D eigenvalue weighted by molar-refractivity contribution is 0.126. The number of para-hydroxylation sites is 1. The summed E-state index contributed by atoms with van der Waals surface area (Å²) in [5.74, 6) is 0.866. The Bertz CT molecular complexity index is 415. The van der Waals surface area contributed by atoms with Crippen molar-refractivity contribution in [1.82, 2.24) is 5.32 Å².